The quantitative estimate of drug-likeness (QED) is 0.539. The Morgan fingerprint density at radius 2 is 2.54 bits per heavy atom. The van der Waals surface area contributed by atoms with E-state index in [1.165, 1.54) is 7.11 Å². The van der Waals surface area contributed by atoms with Gasteiger partial charge in [-0.25, -0.2) is 0 Å². The van der Waals surface area contributed by atoms with E-state index >= 15 is 0 Å². The van der Waals surface area contributed by atoms with Gasteiger partial charge in [-0.15, -0.1) is 0 Å². The smallest absolute Gasteiger partial charge is 0.306 e. The van der Waals surface area contributed by atoms with Crippen LogP contribution in [0.4, 0.5) is 0 Å². The van der Waals surface area contributed by atoms with Crippen molar-refractivity contribution in [1.82, 2.24) is 0 Å². The van der Waals surface area contributed by atoms with Gasteiger partial charge < -0.3 is 9.15 Å². The number of rotatable bonds is 5. The molecular weight excluding hydrogens is 188 g/mol. The van der Waals surface area contributed by atoms with Crippen LogP contribution in [0, 0.1) is 0 Å². The van der Waals surface area contributed by atoms with Gasteiger partial charge in [0.05, 0.1) is 25.5 Å². The molecule has 0 aliphatic carbocycles. The van der Waals surface area contributed by atoms with Gasteiger partial charge in [0.2, 0.25) is 0 Å². The van der Waals surface area contributed by atoms with E-state index in [0.717, 1.165) is 17.3 Å². The maximum atomic E-state index is 10.7. The van der Waals surface area contributed by atoms with Gasteiger partial charge in [-0.1, -0.05) is 0 Å². The first-order chi connectivity index (χ1) is 6.33. The zero-order chi connectivity index (χ0) is 9.52. The van der Waals surface area contributed by atoms with E-state index in [1.54, 1.807) is 18.0 Å². The first kappa shape index (κ1) is 10.2. The molecule has 1 rings (SSSR count). The molecule has 0 N–H and O–H groups in total. The summed E-state index contributed by atoms with van der Waals surface area (Å²) in [6.45, 7) is 0. The Morgan fingerprint density at radius 1 is 1.69 bits per heavy atom. The van der Waals surface area contributed by atoms with Crippen molar-refractivity contribution in [2.75, 3.05) is 12.9 Å². The molecule has 0 saturated heterocycles. The first-order valence-corrected chi connectivity index (χ1v) is 5.15. The monoisotopic (exact) mass is 200 g/mol. The summed E-state index contributed by atoms with van der Waals surface area (Å²) < 4.78 is 9.64. The summed E-state index contributed by atoms with van der Waals surface area (Å²) in [7, 11) is 1.40. The van der Waals surface area contributed by atoms with Crippen LogP contribution in [0.25, 0.3) is 0 Å². The average Bonchev–Trinajstić information content (AvgIpc) is 2.64. The minimum absolute atomic E-state index is 0.160. The maximum Gasteiger partial charge on any atom is 0.306 e. The highest BCUT2D eigenvalue weighted by Gasteiger charge is 2.00. The Balaban J connectivity index is 2.05. The topological polar surface area (TPSA) is 39.4 Å². The van der Waals surface area contributed by atoms with Crippen molar-refractivity contribution in [2.24, 2.45) is 0 Å². The number of thioether (sulfide) groups is 1. The molecule has 0 radical (unpaired) electrons. The fraction of sp³-hybridized carbons (Fsp3) is 0.444. The van der Waals surface area contributed by atoms with E-state index in [1.807, 2.05) is 12.1 Å². The molecule has 1 aromatic rings. The number of carbonyl (C=O) groups is 1. The normalized spacial score (nSPS) is 9.92. The molecule has 13 heavy (non-hydrogen) atoms. The predicted molar refractivity (Wildman–Crippen MR) is 51.5 cm³/mol. The molecule has 0 unspecified atom stereocenters. The van der Waals surface area contributed by atoms with Crippen molar-refractivity contribution in [2.45, 2.75) is 12.2 Å². The Labute approximate surface area is 81.4 Å². The zero-order valence-electron chi connectivity index (χ0n) is 7.49. The molecule has 1 heterocycles. The van der Waals surface area contributed by atoms with E-state index in [9.17, 15) is 4.79 Å². The van der Waals surface area contributed by atoms with E-state index in [0.29, 0.717) is 6.42 Å². The van der Waals surface area contributed by atoms with Crippen molar-refractivity contribution in [3.8, 4) is 0 Å². The molecule has 0 bridgehead atoms. The summed E-state index contributed by atoms with van der Waals surface area (Å²) in [5, 5.41) is 0. The summed E-state index contributed by atoms with van der Waals surface area (Å²) >= 11 is 1.66. The van der Waals surface area contributed by atoms with Crippen molar-refractivity contribution in [3.63, 3.8) is 0 Å². The van der Waals surface area contributed by atoms with Gasteiger partial charge in [0, 0.05) is 5.75 Å². The highest BCUT2D eigenvalue weighted by atomic mass is 32.2. The fourth-order valence-corrected chi connectivity index (χ4v) is 1.65. The Hall–Kier alpha value is -0.900. The lowest BCUT2D eigenvalue weighted by molar-refractivity contribution is -0.140. The lowest BCUT2D eigenvalue weighted by atomic mass is 10.5. The van der Waals surface area contributed by atoms with Crippen LogP contribution >= 0.6 is 11.8 Å². The second-order valence-corrected chi connectivity index (χ2v) is 3.56. The second kappa shape index (κ2) is 5.70. The third-order valence-corrected chi connectivity index (χ3v) is 2.48. The molecule has 0 aromatic carbocycles. The van der Waals surface area contributed by atoms with Gasteiger partial charge in [0.1, 0.15) is 5.76 Å². The minimum atomic E-state index is -0.160. The van der Waals surface area contributed by atoms with E-state index in [4.69, 9.17) is 4.42 Å². The molecule has 3 nitrogen and oxygen atoms in total. The number of hydrogen-bond donors (Lipinski definition) is 0. The van der Waals surface area contributed by atoms with Gasteiger partial charge in [-0.2, -0.15) is 11.8 Å². The van der Waals surface area contributed by atoms with Crippen molar-refractivity contribution in [1.29, 1.82) is 0 Å². The lowest BCUT2D eigenvalue weighted by Gasteiger charge is -1.98. The van der Waals surface area contributed by atoms with Crippen LogP contribution in [0.2, 0.25) is 0 Å². The molecule has 0 amide bonds. The average molecular weight is 200 g/mol. The summed E-state index contributed by atoms with van der Waals surface area (Å²) in [4.78, 5) is 10.7. The highest BCUT2D eigenvalue weighted by molar-refractivity contribution is 7.98. The minimum Gasteiger partial charge on any atom is -0.469 e. The molecule has 0 aliphatic heterocycles. The summed E-state index contributed by atoms with van der Waals surface area (Å²) in [5.41, 5.74) is 0. The molecule has 4 heteroatoms. The van der Waals surface area contributed by atoms with Crippen LogP contribution in [-0.4, -0.2) is 18.8 Å². The molecule has 1 aromatic heterocycles. The first-order valence-electron chi connectivity index (χ1n) is 4.00. The van der Waals surface area contributed by atoms with Crippen LogP contribution in [0.5, 0.6) is 0 Å². The predicted octanol–water partition coefficient (Wildman–Crippen LogP) is 2.08. The standard InChI is InChI=1S/C9H12O3S/c1-11-9(10)4-6-13-7-8-3-2-5-12-8/h2-3,5H,4,6-7H2,1H3. The SMILES string of the molecule is COC(=O)CCSCc1ccco1. The number of ether oxygens (including phenoxy) is 1. The molecule has 0 spiro atoms. The van der Waals surface area contributed by atoms with Crippen molar-refractivity contribution >= 4 is 17.7 Å². The van der Waals surface area contributed by atoms with Crippen LogP contribution in [0.1, 0.15) is 12.2 Å². The molecular formula is C9H12O3S. The van der Waals surface area contributed by atoms with Crippen LogP contribution < -0.4 is 0 Å². The van der Waals surface area contributed by atoms with E-state index in [-0.39, 0.29) is 5.97 Å². The molecule has 0 aliphatic rings. The Morgan fingerprint density at radius 3 is 3.15 bits per heavy atom. The third-order valence-electron chi connectivity index (χ3n) is 1.50. The van der Waals surface area contributed by atoms with Crippen LogP contribution in [0.15, 0.2) is 22.8 Å². The lowest BCUT2D eigenvalue weighted by Crippen LogP contribution is -2.01. The molecule has 0 fully saturated rings. The van der Waals surface area contributed by atoms with Gasteiger partial charge in [0.15, 0.2) is 0 Å². The van der Waals surface area contributed by atoms with Crippen LogP contribution in [0.3, 0.4) is 0 Å². The maximum absolute atomic E-state index is 10.7. The Kier molecular flexibility index (Phi) is 4.46. The number of carbonyl (C=O) groups excluding carboxylic acids is 1. The zero-order valence-corrected chi connectivity index (χ0v) is 8.30. The van der Waals surface area contributed by atoms with Crippen LogP contribution in [-0.2, 0) is 15.3 Å². The highest BCUT2D eigenvalue weighted by Crippen LogP contribution is 2.13. The van der Waals surface area contributed by atoms with E-state index in [2.05, 4.69) is 4.74 Å². The summed E-state index contributed by atoms with van der Waals surface area (Å²) in [5.74, 6) is 2.36. The summed E-state index contributed by atoms with van der Waals surface area (Å²) in [6.07, 6.45) is 2.11. The second-order valence-electron chi connectivity index (χ2n) is 2.46. The molecule has 0 saturated carbocycles. The van der Waals surface area contributed by atoms with Gasteiger partial charge in [0.25, 0.3) is 0 Å². The van der Waals surface area contributed by atoms with Gasteiger partial charge >= 0.3 is 5.97 Å². The third kappa shape index (κ3) is 4.03. The Bertz CT molecular complexity index is 243. The number of methoxy groups -OCH3 is 1. The molecule has 0 atom stereocenters. The number of esters is 1. The fourth-order valence-electron chi connectivity index (χ4n) is 0.825. The largest absolute Gasteiger partial charge is 0.469 e. The number of hydrogen-bond acceptors (Lipinski definition) is 4. The van der Waals surface area contributed by atoms with Gasteiger partial charge in [-0.05, 0) is 12.1 Å². The number of furan rings is 1. The van der Waals surface area contributed by atoms with E-state index < -0.39 is 0 Å². The van der Waals surface area contributed by atoms with Crippen molar-refractivity contribution in [3.05, 3.63) is 24.2 Å². The van der Waals surface area contributed by atoms with Crippen molar-refractivity contribution < 1.29 is 13.9 Å². The summed E-state index contributed by atoms with van der Waals surface area (Å²) in [6, 6.07) is 3.78. The molecule has 72 valence electrons. The van der Waals surface area contributed by atoms with Gasteiger partial charge in [-0.3, -0.25) is 4.79 Å².